The lowest BCUT2D eigenvalue weighted by molar-refractivity contribution is 0.0696. The monoisotopic (exact) mass is 444 g/mol. The molecule has 1 aliphatic heterocycles. The Morgan fingerprint density at radius 3 is 2.61 bits per heavy atom. The molecule has 3 aliphatic rings. The van der Waals surface area contributed by atoms with Crippen molar-refractivity contribution in [1.82, 2.24) is 4.90 Å². The van der Waals surface area contributed by atoms with E-state index in [9.17, 15) is 9.90 Å². The summed E-state index contributed by atoms with van der Waals surface area (Å²) >= 11 is 0. The summed E-state index contributed by atoms with van der Waals surface area (Å²) in [6.07, 6.45) is 13.2. The van der Waals surface area contributed by atoms with E-state index in [1.165, 1.54) is 0 Å². The first-order valence-electron chi connectivity index (χ1n) is 11.8. The molecular formula is C28H32N2O3. The molecule has 4 rings (SSSR count). The average Bonchev–Trinajstić information content (AvgIpc) is 2.83. The van der Waals surface area contributed by atoms with Crippen molar-refractivity contribution in [3.63, 3.8) is 0 Å². The largest absolute Gasteiger partial charge is 0.485 e. The number of likely N-dealkylation sites (N-methyl/N-ethyl adjacent to an activating group) is 1. The van der Waals surface area contributed by atoms with Gasteiger partial charge in [-0.05, 0) is 62.6 Å². The summed E-state index contributed by atoms with van der Waals surface area (Å²) in [6.45, 7) is 10.3. The van der Waals surface area contributed by atoms with Gasteiger partial charge < -0.3 is 14.7 Å². The lowest BCUT2D eigenvalue weighted by Gasteiger charge is -2.38. The van der Waals surface area contributed by atoms with Crippen LogP contribution in [0.15, 0.2) is 82.7 Å². The van der Waals surface area contributed by atoms with Gasteiger partial charge in [0.1, 0.15) is 11.9 Å². The molecule has 1 aromatic rings. The fourth-order valence-corrected chi connectivity index (χ4v) is 4.61. The predicted molar refractivity (Wildman–Crippen MR) is 133 cm³/mol. The number of hydrogen-bond acceptors (Lipinski definition) is 4. The highest BCUT2D eigenvalue weighted by Crippen LogP contribution is 2.45. The van der Waals surface area contributed by atoms with Gasteiger partial charge in [-0.15, -0.1) is 0 Å². The van der Waals surface area contributed by atoms with Gasteiger partial charge in [0.2, 0.25) is 0 Å². The standard InChI is InChI=1S/C28H32N2O3/c1-5-18(4)29-19-12-14-23-25(16-19)33-26-17-20(30(6-2)7-3)13-15-24(26)27(23)21-10-8-9-11-22(21)28(31)32/h8-18,23,26H,5-7H2,1-4H3,(H,31,32). The maximum Gasteiger partial charge on any atom is 0.336 e. The molecule has 0 amide bonds. The molecule has 0 fully saturated rings. The number of nitrogens with zero attached hydrogens (tertiary/aromatic N) is 2. The molecule has 1 heterocycles. The number of carbonyl (C=O) groups is 1. The van der Waals surface area contributed by atoms with E-state index in [0.29, 0.717) is 5.56 Å². The number of carboxylic acid groups (broad SMARTS) is 1. The van der Waals surface area contributed by atoms with Crippen LogP contribution in [0.25, 0.3) is 5.57 Å². The first kappa shape index (κ1) is 22.8. The summed E-state index contributed by atoms with van der Waals surface area (Å²) < 4.78 is 6.53. The number of hydrogen-bond donors (Lipinski definition) is 1. The third-order valence-corrected chi connectivity index (χ3v) is 6.54. The van der Waals surface area contributed by atoms with Gasteiger partial charge in [-0.3, -0.25) is 4.99 Å². The molecule has 1 N–H and O–H groups in total. The second-order valence-corrected chi connectivity index (χ2v) is 8.55. The Kier molecular flexibility index (Phi) is 6.68. The first-order valence-corrected chi connectivity index (χ1v) is 11.8. The van der Waals surface area contributed by atoms with Crippen LogP contribution >= 0.6 is 0 Å². The van der Waals surface area contributed by atoms with Crippen molar-refractivity contribution in [2.75, 3.05) is 13.1 Å². The Hall–Kier alpha value is -3.34. The van der Waals surface area contributed by atoms with Crippen LogP contribution in [0.2, 0.25) is 0 Å². The van der Waals surface area contributed by atoms with Gasteiger partial charge in [-0.2, -0.15) is 0 Å². The molecule has 0 aromatic heterocycles. The van der Waals surface area contributed by atoms with Crippen molar-refractivity contribution in [3.8, 4) is 0 Å². The van der Waals surface area contributed by atoms with Crippen molar-refractivity contribution in [3.05, 3.63) is 88.9 Å². The van der Waals surface area contributed by atoms with Gasteiger partial charge >= 0.3 is 5.97 Å². The summed E-state index contributed by atoms with van der Waals surface area (Å²) in [5.74, 6) is -0.264. The van der Waals surface area contributed by atoms with Crippen molar-refractivity contribution < 1.29 is 14.6 Å². The van der Waals surface area contributed by atoms with E-state index in [2.05, 4.69) is 56.9 Å². The fraction of sp³-hybridized carbons (Fsp3) is 0.357. The summed E-state index contributed by atoms with van der Waals surface area (Å²) in [6, 6.07) is 7.47. The second-order valence-electron chi connectivity index (χ2n) is 8.55. The molecule has 3 atom stereocenters. The Balaban J connectivity index is 1.87. The highest BCUT2D eigenvalue weighted by Gasteiger charge is 2.36. The van der Waals surface area contributed by atoms with E-state index in [1.807, 2.05) is 24.3 Å². The lowest BCUT2D eigenvalue weighted by Crippen LogP contribution is -2.31. The van der Waals surface area contributed by atoms with Crippen LogP contribution < -0.4 is 0 Å². The first-order chi connectivity index (χ1) is 16.0. The van der Waals surface area contributed by atoms with E-state index >= 15 is 0 Å². The van der Waals surface area contributed by atoms with Gasteiger partial charge in [-0.25, -0.2) is 4.79 Å². The molecular weight excluding hydrogens is 412 g/mol. The number of fused-ring (bicyclic) bond motifs is 2. The Morgan fingerprint density at radius 1 is 1.15 bits per heavy atom. The molecule has 0 saturated heterocycles. The minimum atomic E-state index is -0.926. The molecule has 3 unspecified atom stereocenters. The molecule has 0 bridgehead atoms. The summed E-state index contributed by atoms with van der Waals surface area (Å²) in [5, 5.41) is 9.89. The zero-order valence-corrected chi connectivity index (χ0v) is 19.8. The van der Waals surface area contributed by atoms with Crippen LogP contribution in [0.3, 0.4) is 0 Å². The second kappa shape index (κ2) is 9.65. The van der Waals surface area contributed by atoms with Crippen molar-refractivity contribution in [2.24, 2.45) is 10.9 Å². The van der Waals surface area contributed by atoms with E-state index in [0.717, 1.165) is 53.4 Å². The Bertz CT molecular complexity index is 1120. The number of aromatic carboxylic acids is 1. The smallest absolute Gasteiger partial charge is 0.336 e. The SMILES string of the molecule is CCC(C)N=C1C=CC2C(=C1)OC1C=C(N(CC)CC)C=CC1=C2c1ccccc1C(=O)O. The van der Waals surface area contributed by atoms with Crippen molar-refractivity contribution in [1.29, 1.82) is 0 Å². The molecule has 0 radical (unpaired) electrons. The normalized spacial score (nSPS) is 23.3. The summed E-state index contributed by atoms with van der Waals surface area (Å²) in [5.41, 5.74) is 5.05. The zero-order valence-electron chi connectivity index (χ0n) is 19.8. The molecule has 0 saturated carbocycles. The van der Waals surface area contributed by atoms with E-state index in [-0.39, 0.29) is 18.1 Å². The van der Waals surface area contributed by atoms with Crippen LogP contribution in [-0.2, 0) is 4.74 Å². The summed E-state index contributed by atoms with van der Waals surface area (Å²) in [4.78, 5) is 19.1. The van der Waals surface area contributed by atoms with Crippen LogP contribution in [0.1, 0.15) is 50.0 Å². The number of benzene rings is 1. The lowest BCUT2D eigenvalue weighted by atomic mass is 9.78. The molecule has 33 heavy (non-hydrogen) atoms. The number of rotatable bonds is 7. The van der Waals surface area contributed by atoms with Crippen molar-refractivity contribution >= 4 is 17.3 Å². The van der Waals surface area contributed by atoms with Gasteiger partial charge in [-0.1, -0.05) is 37.3 Å². The molecule has 2 aliphatic carbocycles. The van der Waals surface area contributed by atoms with E-state index in [4.69, 9.17) is 9.73 Å². The van der Waals surface area contributed by atoms with Gasteiger partial charge in [0, 0.05) is 36.5 Å². The summed E-state index contributed by atoms with van der Waals surface area (Å²) in [7, 11) is 0. The van der Waals surface area contributed by atoms with Gasteiger partial charge in [0.05, 0.1) is 17.2 Å². The minimum Gasteiger partial charge on any atom is -0.485 e. The highest BCUT2D eigenvalue weighted by molar-refractivity contribution is 6.06. The zero-order chi connectivity index (χ0) is 23.5. The van der Waals surface area contributed by atoms with Crippen LogP contribution in [0, 0.1) is 5.92 Å². The van der Waals surface area contributed by atoms with Crippen molar-refractivity contribution in [2.45, 2.75) is 46.3 Å². The van der Waals surface area contributed by atoms with E-state index < -0.39 is 5.97 Å². The Morgan fingerprint density at radius 2 is 1.91 bits per heavy atom. The quantitative estimate of drug-likeness (QED) is 0.591. The van der Waals surface area contributed by atoms with E-state index in [1.54, 1.807) is 12.1 Å². The molecule has 1 aromatic carbocycles. The number of allylic oxidation sites excluding steroid dienone is 4. The Labute approximate surface area is 196 Å². The minimum absolute atomic E-state index is 0.152. The number of ether oxygens (including phenoxy) is 1. The van der Waals surface area contributed by atoms with Gasteiger partial charge in [0.25, 0.3) is 0 Å². The predicted octanol–water partition coefficient (Wildman–Crippen LogP) is 5.64. The van der Waals surface area contributed by atoms with Crippen LogP contribution in [0.4, 0.5) is 0 Å². The molecule has 5 nitrogen and oxygen atoms in total. The third-order valence-electron chi connectivity index (χ3n) is 6.54. The fourth-order valence-electron chi connectivity index (χ4n) is 4.61. The van der Waals surface area contributed by atoms with Gasteiger partial charge in [0.15, 0.2) is 0 Å². The van der Waals surface area contributed by atoms with Crippen LogP contribution in [0.5, 0.6) is 0 Å². The van der Waals surface area contributed by atoms with Crippen LogP contribution in [-0.4, -0.2) is 46.9 Å². The number of aliphatic imine (C=N–C) groups is 1. The third kappa shape index (κ3) is 4.45. The number of carboxylic acids is 1. The maximum absolute atomic E-state index is 12.1. The maximum atomic E-state index is 12.1. The highest BCUT2D eigenvalue weighted by atomic mass is 16.5. The molecule has 0 spiro atoms. The topological polar surface area (TPSA) is 62.1 Å². The molecule has 5 heteroatoms. The molecule has 172 valence electrons. The average molecular weight is 445 g/mol.